The van der Waals surface area contributed by atoms with Crippen LogP contribution in [0.5, 0.6) is 0 Å². The highest BCUT2D eigenvalue weighted by Gasteiger charge is 2.22. The van der Waals surface area contributed by atoms with Gasteiger partial charge in [0.2, 0.25) is 11.8 Å². The van der Waals surface area contributed by atoms with Crippen LogP contribution < -0.4 is 10.2 Å². The standard InChI is InChI=1S/C19H16ClN3O4/c20-16-8-7-14(22-10-2-5-19(22)25)12-17(16)21-18(24)9-6-13-3-1-4-15(11-13)23(26)27/h1,3-4,6-9,11-12H,2,5,10H2,(H,21,24)/b9-6+. The van der Waals surface area contributed by atoms with E-state index in [0.717, 1.165) is 6.42 Å². The maximum Gasteiger partial charge on any atom is 0.270 e. The van der Waals surface area contributed by atoms with Gasteiger partial charge in [0.15, 0.2) is 0 Å². The second-order valence-electron chi connectivity index (χ2n) is 5.99. The summed E-state index contributed by atoms with van der Waals surface area (Å²) in [6.45, 7) is 0.639. The predicted octanol–water partition coefficient (Wildman–Crippen LogP) is 4.03. The Hall–Kier alpha value is -3.19. The number of nitrogens with one attached hydrogen (secondary N) is 1. The summed E-state index contributed by atoms with van der Waals surface area (Å²) in [5.74, 6) is -0.395. The van der Waals surface area contributed by atoms with Crippen LogP contribution in [-0.4, -0.2) is 23.3 Å². The third-order valence-corrected chi connectivity index (χ3v) is 4.43. The first-order chi connectivity index (χ1) is 12.9. The number of rotatable bonds is 5. The molecule has 138 valence electrons. The number of nitro groups is 1. The molecule has 1 fully saturated rings. The Morgan fingerprint density at radius 1 is 1.26 bits per heavy atom. The smallest absolute Gasteiger partial charge is 0.270 e. The number of anilines is 2. The van der Waals surface area contributed by atoms with Crippen molar-refractivity contribution in [3.05, 3.63) is 69.2 Å². The summed E-state index contributed by atoms with van der Waals surface area (Å²) in [6.07, 6.45) is 4.05. The largest absolute Gasteiger partial charge is 0.321 e. The molecule has 0 radical (unpaired) electrons. The van der Waals surface area contributed by atoms with E-state index < -0.39 is 10.8 Å². The molecule has 2 amide bonds. The zero-order chi connectivity index (χ0) is 19.4. The average Bonchev–Trinajstić information content (AvgIpc) is 3.08. The van der Waals surface area contributed by atoms with E-state index >= 15 is 0 Å². The van der Waals surface area contributed by atoms with Crippen LogP contribution in [0.2, 0.25) is 5.02 Å². The lowest BCUT2D eigenvalue weighted by atomic mass is 10.2. The molecule has 27 heavy (non-hydrogen) atoms. The van der Waals surface area contributed by atoms with Crippen molar-refractivity contribution in [2.24, 2.45) is 0 Å². The van der Waals surface area contributed by atoms with Crippen molar-refractivity contribution in [2.45, 2.75) is 12.8 Å². The first-order valence-corrected chi connectivity index (χ1v) is 8.65. The van der Waals surface area contributed by atoms with Crippen LogP contribution in [0.1, 0.15) is 18.4 Å². The van der Waals surface area contributed by atoms with E-state index in [0.29, 0.717) is 34.9 Å². The molecule has 3 rings (SSSR count). The Balaban J connectivity index is 1.73. The fraction of sp³-hybridized carbons (Fsp3) is 0.158. The summed E-state index contributed by atoms with van der Waals surface area (Å²) in [4.78, 5) is 36.0. The van der Waals surface area contributed by atoms with Crippen molar-refractivity contribution in [3.8, 4) is 0 Å². The van der Waals surface area contributed by atoms with Crippen molar-refractivity contribution in [2.75, 3.05) is 16.8 Å². The zero-order valence-corrected chi connectivity index (χ0v) is 15.0. The highest BCUT2D eigenvalue weighted by atomic mass is 35.5. The lowest BCUT2D eigenvalue weighted by molar-refractivity contribution is -0.384. The normalized spacial score (nSPS) is 14.0. The first kappa shape index (κ1) is 18.6. The van der Waals surface area contributed by atoms with Crippen molar-refractivity contribution in [1.29, 1.82) is 0 Å². The van der Waals surface area contributed by atoms with Crippen LogP contribution >= 0.6 is 11.6 Å². The molecule has 1 heterocycles. The van der Waals surface area contributed by atoms with Gasteiger partial charge < -0.3 is 10.2 Å². The molecule has 0 aromatic heterocycles. The van der Waals surface area contributed by atoms with E-state index in [1.54, 1.807) is 35.2 Å². The number of halogens is 1. The molecule has 0 saturated carbocycles. The minimum Gasteiger partial charge on any atom is -0.321 e. The van der Waals surface area contributed by atoms with Crippen LogP contribution in [0.4, 0.5) is 17.1 Å². The Labute approximate surface area is 160 Å². The monoisotopic (exact) mass is 385 g/mol. The zero-order valence-electron chi connectivity index (χ0n) is 14.2. The van der Waals surface area contributed by atoms with Crippen molar-refractivity contribution in [1.82, 2.24) is 0 Å². The van der Waals surface area contributed by atoms with E-state index in [2.05, 4.69) is 5.32 Å². The molecule has 8 heteroatoms. The Kier molecular flexibility index (Phi) is 5.52. The molecule has 1 saturated heterocycles. The molecule has 0 unspecified atom stereocenters. The molecule has 2 aromatic carbocycles. The molecule has 1 aliphatic heterocycles. The summed E-state index contributed by atoms with van der Waals surface area (Å²) >= 11 is 6.14. The van der Waals surface area contributed by atoms with Gasteiger partial charge in [-0.05, 0) is 36.3 Å². The average molecular weight is 386 g/mol. The summed E-state index contributed by atoms with van der Waals surface area (Å²) < 4.78 is 0. The maximum atomic E-state index is 12.2. The van der Waals surface area contributed by atoms with Crippen molar-refractivity contribution in [3.63, 3.8) is 0 Å². The van der Waals surface area contributed by atoms with Gasteiger partial charge in [0.05, 0.1) is 15.6 Å². The summed E-state index contributed by atoms with van der Waals surface area (Å²) in [5, 5.41) is 13.8. The number of non-ortho nitro benzene ring substituents is 1. The highest BCUT2D eigenvalue weighted by Crippen LogP contribution is 2.30. The van der Waals surface area contributed by atoms with Crippen LogP contribution in [0.3, 0.4) is 0 Å². The number of amides is 2. The highest BCUT2D eigenvalue weighted by molar-refractivity contribution is 6.34. The second kappa shape index (κ2) is 8.01. The van der Waals surface area contributed by atoms with E-state index in [1.165, 1.54) is 24.3 Å². The lowest BCUT2D eigenvalue weighted by Gasteiger charge is -2.17. The van der Waals surface area contributed by atoms with Gasteiger partial charge in [0, 0.05) is 36.9 Å². The van der Waals surface area contributed by atoms with Crippen LogP contribution in [0, 0.1) is 10.1 Å². The van der Waals surface area contributed by atoms with Gasteiger partial charge in [-0.25, -0.2) is 0 Å². The van der Waals surface area contributed by atoms with Crippen molar-refractivity contribution >= 4 is 46.6 Å². The van der Waals surface area contributed by atoms with Gasteiger partial charge in [-0.1, -0.05) is 23.7 Å². The van der Waals surface area contributed by atoms with E-state index in [9.17, 15) is 19.7 Å². The van der Waals surface area contributed by atoms with E-state index in [-0.39, 0.29) is 11.6 Å². The van der Waals surface area contributed by atoms with E-state index in [4.69, 9.17) is 11.6 Å². The predicted molar refractivity (Wildman–Crippen MR) is 104 cm³/mol. The molecule has 0 spiro atoms. The molecule has 7 nitrogen and oxygen atoms in total. The van der Waals surface area contributed by atoms with Crippen LogP contribution in [0.15, 0.2) is 48.5 Å². The van der Waals surface area contributed by atoms with Gasteiger partial charge in [-0.15, -0.1) is 0 Å². The second-order valence-corrected chi connectivity index (χ2v) is 6.39. The molecular weight excluding hydrogens is 370 g/mol. The summed E-state index contributed by atoms with van der Waals surface area (Å²) in [6, 6.07) is 11.0. The molecular formula is C19H16ClN3O4. The van der Waals surface area contributed by atoms with Gasteiger partial charge in [0.1, 0.15) is 0 Å². The third-order valence-electron chi connectivity index (χ3n) is 4.10. The SMILES string of the molecule is O=C(/C=C/c1cccc([N+](=O)[O-])c1)Nc1cc(N2CCCC2=O)ccc1Cl. The molecule has 0 aliphatic carbocycles. The number of hydrogen-bond acceptors (Lipinski definition) is 4. The molecule has 1 N–H and O–H groups in total. The maximum absolute atomic E-state index is 12.2. The number of benzene rings is 2. The van der Waals surface area contributed by atoms with Crippen LogP contribution in [-0.2, 0) is 9.59 Å². The van der Waals surface area contributed by atoms with E-state index in [1.807, 2.05) is 0 Å². The number of nitro benzene ring substituents is 1. The Bertz CT molecular complexity index is 942. The fourth-order valence-electron chi connectivity index (χ4n) is 2.79. The minimum atomic E-state index is -0.498. The van der Waals surface area contributed by atoms with Crippen molar-refractivity contribution < 1.29 is 14.5 Å². The quantitative estimate of drug-likeness (QED) is 0.477. The first-order valence-electron chi connectivity index (χ1n) is 8.27. The topological polar surface area (TPSA) is 92.5 Å². The molecule has 0 atom stereocenters. The fourth-order valence-corrected chi connectivity index (χ4v) is 2.95. The van der Waals surface area contributed by atoms with Crippen LogP contribution in [0.25, 0.3) is 6.08 Å². The van der Waals surface area contributed by atoms with Gasteiger partial charge >= 0.3 is 0 Å². The van der Waals surface area contributed by atoms with Gasteiger partial charge in [-0.2, -0.15) is 0 Å². The number of nitrogens with zero attached hydrogens (tertiary/aromatic N) is 2. The molecule has 0 bridgehead atoms. The third kappa shape index (κ3) is 4.51. The molecule has 1 aliphatic rings. The lowest BCUT2D eigenvalue weighted by Crippen LogP contribution is -2.23. The number of carbonyl (C=O) groups excluding carboxylic acids is 2. The number of hydrogen-bond donors (Lipinski definition) is 1. The van der Waals surface area contributed by atoms with Gasteiger partial charge in [-0.3, -0.25) is 19.7 Å². The summed E-state index contributed by atoms with van der Waals surface area (Å²) in [5.41, 5.74) is 1.55. The number of carbonyl (C=O) groups is 2. The Morgan fingerprint density at radius 2 is 2.07 bits per heavy atom. The summed E-state index contributed by atoms with van der Waals surface area (Å²) in [7, 11) is 0. The molecule has 2 aromatic rings. The minimum absolute atomic E-state index is 0.0418. The Morgan fingerprint density at radius 3 is 2.78 bits per heavy atom. The van der Waals surface area contributed by atoms with Gasteiger partial charge in [0.25, 0.3) is 5.69 Å².